The summed E-state index contributed by atoms with van der Waals surface area (Å²) in [5.41, 5.74) is 1.75. The average molecular weight is 434 g/mol. The molecule has 0 saturated carbocycles. The molecular weight excluding hydrogens is 417 g/mol. The number of aryl methyl sites for hydroxylation is 1. The van der Waals surface area contributed by atoms with Gasteiger partial charge < -0.3 is 5.32 Å². The summed E-state index contributed by atoms with van der Waals surface area (Å²) in [5.74, 6) is -1.56. The van der Waals surface area contributed by atoms with Gasteiger partial charge >= 0.3 is 0 Å². The van der Waals surface area contributed by atoms with Crippen molar-refractivity contribution in [3.63, 3.8) is 0 Å². The number of nitrogens with one attached hydrogen (secondary N) is 1. The summed E-state index contributed by atoms with van der Waals surface area (Å²) in [4.78, 5) is 20.2. The van der Waals surface area contributed by atoms with Gasteiger partial charge in [-0.1, -0.05) is 42.8 Å². The van der Waals surface area contributed by atoms with E-state index in [-0.39, 0.29) is 10.7 Å². The lowest BCUT2D eigenvalue weighted by molar-refractivity contribution is 0.102. The van der Waals surface area contributed by atoms with Crippen LogP contribution in [0.25, 0.3) is 0 Å². The van der Waals surface area contributed by atoms with Crippen molar-refractivity contribution in [1.82, 2.24) is 9.97 Å². The number of aromatic nitrogens is 2. The zero-order valence-electron chi connectivity index (χ0n) is 15.4. The lowest BCUT2D eigenvalue weighted by atomic mass is 10.1. The predicted octanol–water partition coefficient (Wildman–Crippen LogP) is 4.06. The predicted molar refractivity (Wildman–Crippen MR) is 108 cm³/mol. The standard InChI is InChI=1S/C20H17ClFN3O3S/c1-2-13-5-9-16(10-6-13)24-19(26)18-17(21)11-23-20(25-18)29(27,28)12-14-3-7-15(22)8-4-14/h3-11H,2,12H2,1H3,(H,24,26). The highest BCUT2D eigenvalue weighted by atomic mass is 35.5. The van der Waals surface area contributed by atoms with Gasteiger partial charge in [0.15, 0.2) is 5.69 Å². The average Bonchev–Trinajstić information content (AvgIpc) is 2.70. The van der Waals surface area contributed by atoms with E-state index in [0.29, 0.717) is 11.3 Å². The number of hydrogen-bond acceptors (Lipinski definition) is 5. The SMILES string of the molecule is CCc1ccc(NC(=O)c2nc(S(=O)(=O)Cc3ccc(F)cc3)ncc2Cl)cc1. The molecule has 6 nitrogen and oxygen atoms in total. The molecule has 1 N–H and O–H groups in total. The highest BCUT2D eigenvalue weighted by molar-refractivity contribution is 7.90. The number of nitrogens with zero attached hydrogens (tertiary/aromatic N) is 2. The second-order valence-electron chi connectivity index (χ2n) is 6.24. The van der Waals surface area contributed by atoms with Gasteiger partial charge in [-0.25, -0.2) is 22.8 Å². The molecule has 0 aliphatic carbocycles. The molecule has 1 aromatic heterocycles. The molecule has 0 saturated heterocycles. The first kappa shape index (κ1) is 20.9. The second-order valence-corrected chi connectivity index (χ2v) is 8.53. The van der Waals surface area contributed by atoms with Crippen molar-refractivity contribution in [2.24, 2.45) is 0 Å². The van der Waals surface area contributed by atoms with Crippen LogP contribution in [0.1, 0.15) is 28.5 Å². The van der Waals surface area contributed by atoms with Crippen LogP contribution >= 0.6 is 11.6 Å². The number of rotatable bonds is 6. The maximum Gasteiger partial charge on any atom is 0.275 e. The fourth-order valence-corrected chi connectivity index (χ4v) is 3.92. The Morgan fingerprint density at radius 1 is 1.07 bits per heavy atom. The Morgan fingerprint density at radius 2 is 1.69 bits per heavy atom. The van der Waals surface area contributed by atoms with Crippen molar-refractivity contribution < 1.29 is 17.6 Å². The monoisotopic (exact) mass is 433 g/mol. The van der Waals surface area contributed by atoms with Gasteiger partial charge in [0, 0.05) is 5.69 Å². The molecule has 1 amide bonds. The van der Waals surface area contributed by atoms with Crippen LogP contribution < -0.4 is 5.32 Å². The first-order valence-corrected chi connectivity index (χ1v) is 10.7. The summed E-state index contributed by atoms with van der Waals surface area (Å²) in [6, 6.07) is 12.3. The summed E-state index contributed by atoms with van der Waals surface area (Å²) in [7, 11) is -3.96. The molecule has 29 heavy (non-hydrogen) atoms. The van der Waals surface area contributed by atoms with Crippen molar-refractivity contribution >= 4 is 33.0 Å². The third-order valence-corrected chi connectivity index (χ3v) is 5.85. The minimum absolute atomic E-state index is 0.0755. The zero-order chi connectivity index (χ0) is 21.0. The third kappa shape index (κ3) is 5.16. The molecule has 1 heterocycles. The smallest absolute Gasteiger partial charge is 0.275 e. The van der Waals surface area contributed by atoms with E-state index in [4.69, 9.17) is 11.6 Å². The molecule has 0 spiro atoms. The van der Waals surface area contributed by atoms with Crippen LogP contribution in [0, 0.1) is 5.82 Å². The Hall–Kier alpha value is -2.84. The molecule has 3 rings (SSSR count). The van der Waals surface area contributed by atoms with E-state index in [0.717, 1.165) is 30.3 Å². The van der Waals surface area contributed by atoms with E-state index in [2.05, 4.69) is 15.3 Å². The summed E-state index contributed by atoms with van der Waals surface area (Å²) in [5, 5.41) is 2.03. The number of carbonyl (C=O) groups excluding carboxylic acids is 1. The summed E-state index contributed by atoms with van der Waals surface area (Å²) in [6.07, 6.45) is 1.93. The first-order chi connectivity index (χ1) is 13.8. The van der Waals surface area contributed by atoms with Crippen LogP contribution in [0.5, 0.6) is 0 Å². The largest absolute Gasteiger partial charge is 0.321 e. The Balaban J connectivity index is 1.84. The van der Waals surface area contributed by atoms with E-state index >= 15 is 0 Å². The van der Waals surface area contributed by atoms with Gasteiger partial charge in [-0.2, -0.15) is 0 Å². The van der Waals surface area contributed by atoms with E-state index in [1.807, 2.05) is 19.1 Å². The molecule has 2 aromatic carbocycles. The summed E-state index contributed by atoms with van der Waals surface area (Å²) >= 11 is 6.01. The van der Waals surface area contributed by atoms with Gasteiger partial charge in [0.05, 0.1) is 17.0 Å². The first-order valence-electron chi connectivity index (χ1n) is 8.68. The van der Waals surface area contributed by atoms with E-state index in [1.165, 1.54) is 12.1 Å². The topological polar surface area (TPSA) is 89.0 Å². The normalized spacial score (nSPS) is 11.3. The molecule has 0 aliphatic rings. The van der Waals surface area contributed by atoms with E-state index < -0.39 is 32.5 Å². The fraction of sp³-hybridized carbons (Fsp3) is 0.150. The third-order valence-electron chi connectivity index (χ3n) is 4.11. The molecule has 3 aromatic rings. The van der Waals surface area contributed by atoms with Crippen LogP contribution in [0.15, 0.2) is 59.9 Å². The summed E-state index contributed by atoms with van der Waals surface area (Å²) < 4.78 is 38.2. The Labute approximate surface area is 172 Å². The lowest BCUT2D eigenvalue weighted by Gasteiger charge is -2.09. The lowest BCUT2D eigenvalue weighted by Crippen LogP contribution is -2.18. The second kappa shape index (κ2) is 8.67. The maximum atomic E-state index is 13.0. The van der Waals surface area contributed by atoms with Gasteiger partial charge in [-0.05, 0) is 41.8 Å². The van der Waals surface area contributed by atoms with Gasteiger partial charge in [0.2, 0.25) is 15.0 Å². The van der Waals surface area contributed by atoms with Crippen LogP contribution in [0.2, 0.25) is 5.02 Å². The van der Waals surface area contributed by atoms with Crippen LogP contribution in [0.4, 0.5) is 10.1 Å². The minimum atomic E-state index is -3.96. The molecule has 0 unspecified atom stereocenters. The van der Waals surface area contributed by atoms with E-state index in [1.54, 1.807) is 12.1 Å². The number of hydrogen-bond donors (Lipinski definition) is 1. The molecular formula is C20H17ClFN3O3S. The number of amides is 1. The number of halogens is 2. The highest BCUT2D eigenvalue weighted by Gasteiger charge is 2.23. The quantitative estimate of drug-likeness (QED) is 0.592. The Bertz CT molecular complexity index is 1130. The van der Waals surface area contributed by atoms with Crippen LogP contribution in [0.3, 0.4) is 0 Å². The Morgan fingerprint density at radius 3 is 2.31 bits per heavy atom. The van der Waals surface area contributed by atoms with Gasteiger partial charge in [-0.15, -0.1) is 0 Å². The maximum absolute atomic E-state index is 13.0. The van der Waals surface area contributed by atoms with Crippen LogP contribution in [-0.2, 0) is 22.0 Å². The van der Waals surface area contributed by atoms with Crippen molar-refractivity contribution in [1.29, 1.82) is 0 Å². The molecule has 0 aliphatic heterocycles. The highest BCUT2D eigenvalue weighted by Crippen LogP contribution is 2.19. The van der Waals surface area contributed by atoms with Gasteiger partial charge in [0.1, 0.15) is 5.82 Å². The fourth-order valence-electron chi connectivity index (χ4n) is 2.54. The van der Waals surface area contributed by atoms with E-state index in [9.17, 15) is 17.6 Å². The van der Waals surface area contributed by atoms with Crippen molar-refractivity contribution in [2.75, 3.05) is 5.32 Å². The number of sulfone groups is 1. The number of benzene rings is 2. The zero-order valence-corrected chi connectivity index (χ0v) is 17.0. The van der Waals surface area contributed by atoms with Gasteiger partial charge in [-0.3, -0.25) is 4.79 Å². The van der Waals surface area contributed by atoms with Crippen molar-refractivity contribution in [2.45, 2.75) is 24.3 Å². The van der Waals surface area contributed by atoms with Crippen molar-refractivity contribution in [3.8, 4) is 0 Å². The molecule has 0 atom stereocenters. The van der Waals surface area contributed by atoms with Gasteiger partial charge in [0.25, 0.3) is 5.91 Å². The molecule has 150 valence electrons. The summed E-state index contributed by atoms with van der Waals surface area (Å²) in [6.45, 7) is 2.02. The van der Waals surface area contributed by atoms with Crippen LogP contribution in [-0.4, -0.2) is 24.3 Å². The molecule has 0 radical (unpaired) electrons. The Kier molecular flexibility index (Phi) is 6.24. The van der Waals surface area contributed by atoms with Crippen molar-refractivity contribution in [3.05, 3.63) is 82.4 Å². The molecule has 0 bridgehead atoms. The number of anilines is 1. The minimum Gasteiger partial charge on any atom is -0.321 e. The molecule has 9 heteroatoms. The number of carbonyl (C=O) groups is 1. The molecule has 0 fully saturated rings.